The van der Waals surface area contributed by atoms with Gasteiger partial charge in [0, 0.05) is 12.7 Å². The van der Waals surface area contributed by atoms with Crippen LogP contribution in [0.2, 0.25) is 0 Å². The number of nitrogens with one attached hydrogen (secondary N) is 1. The fourth-order valence-electron chi connectivity index (χ4n) is 1.73. The molecular weight excluding hydrogens is 273 g/mol. The van der Waals surface area contributed by atoms with Crippen LogP contribution in [0.4, 0.5) is 19.0 Å². The summed E-state index contributed by atoms with van der Waals surface area (Å²) in [5.74, 6) is -1.08. The summed E-state index contributed by atoms with van der Waals surface area (Å²) in [4.78, 5) is 14.7. The van der Waals surface area contributed by atoms with Gasteiger partial charge >= 0.3 is 12.1 Å². The first kappa shape index (κ1) is 16.3. The van der Waals surface area contributed by atoms with Crippen LogP contribution in [0.1, 0.15) is 25.8 Å². The molecule has 1 aromatic heterocycles. The molecule has 0 aliphatic heterocycles. The number of alkyl halides is 3. The molecule has 20 heavy (non-hydrogen) atoms. The fourth-order valence-corrected chi connectivity index (χ4v) is 1.73. The molecule has 0 aromatic carbocycles. The van der Waals surface area contributed by atoms with E-state index in [1.165, 1.54) is 6.07 Å². The summed E-state index contributed by atoms with van der Waals surface area (Å²) in [6.45, 7) is 3.95. The standard InChI is InChI=1S/C13H17F3N2O2/c1-8(2)5-9(12(19)20)6-17-11-4-3-10(7-18-11)13(14,15)16/h3-4,7-9H,5-6H2,1-2H3,(H,17,18)(H,19,20). The highest BCUT2D eigenvalue weighted by atomic mass is 19.4. The van der Waals surface area contributed by atoms with Crippen molar-refractivity contribution in [3.63, 3.8) is 0 Å². The lowest BCUT2D eigenvalue weighted by molar-refractivity contribution is -0.141. The first-order chi connectivity index (χ1) is 9.20. The number of pyridine rings is 1. The minimum Gasteiger partial charge on any atom is -0.481 e. The van der Waals surface area contributed by atoms with Gasteiger partial charge in [-0.15, -0.1) is 0 Å². The molecule has 0 aliphatic carbocycles. The van der Waals surface area contributed by atoms with Crippen LogP contribution in [0.15, 0.2) is 18.3 Å². The van der Waals surface area contributed by atoms with Gasteiger partial charge < -0.3 is 10.4 Å². The minimum atomic E-state index is -4.42. The van der Waals surface area contributed by atoms with Crippen LogP contribution in [0.3, 0.4) is 0 Å². The number of hydrogen-bond donors (Lipinski definition) is 2. The minimum absolute atomic E-state index is 0.131. The molecule has 1 unspecified atom stereocenters. The van der Waals surface area contributed by atoms with Gasteiger partial charge in [-0.2, -0.15) is 13.2 Å². The molecule has 0 aliphatic rings. The van der Waals surface area contributed by atoms with E-state index in [9.17, 15) is 18.0 Å². The Kier molecular flexibility index (Phi) is 5.35. The highest BCUT2D eigenvalue weighted by Crippen LogP contribution is 2.28. The number of aliphatic carboxylic acids is 1. The highest BCUT2D eigenvalue weighted by Gasteiger charge is 2.30. The van der Waals surface area contributed by atoms with Crippen molar-refractivity contribution in [2.24, 2.45) is 11.8 Å². The van der Waals surface area contributed by atoms with Crippen molar-refractivity contribution in [1.29, 1.82) is 0 Å². The van der Waals surface area contributed by atoms with Gasteiger partial charge in [0.2, 0.25) is 0 Å². The van der Waals surface area contributed by atoms with Crippen LogP contribution in [0.25, 0.3) is 0 Å². The first-order valence-electron chi connectivity index (χ1n) is 6.20. The Bertz CT molecular complexity index is 444. The van der Waals surface area contributed by atoms with Gasteiger partial charge in [0.05, 0.1) is 11.5 Å². The number of nitrogens with zero attached hydrogens (tertiary/aromatic N) is 1. The molecule has 2 N–H and O–H groups in total. The summed E-state index contributed by atoms with van der Waals surface area (Å²) < 4.78 is 37.0. The Hall–Kier alpha value is -1.79. The first-order valence-corrected chi connectivity index (χ1v) is 6.20. The average Bonchev–Trinajstić information content (AvgIpc) is 2.33. The summed E-state index contributed by atoms with van der Waals surface area (Å²) in [6.07, 6.45) is -3.21. The van der Waals surface area contributed by atoms with E-state index in [1.54, 1.807) is 0 Å². The second kappa shape index (κ2) is 6.58. The Morgan fingerprint density at radius 1 is 1.40 bits per heavy atom. The number of carboxylic acids is 1. The van der Waals surface area contributed by atoms with Crippen LogP contribution in [-0.2, 0) is 11.0 Å². The van der Waals surface area contributed by atoms with Gasteiger partial charge in [0.25, 0.3) is 0 Å². The number of carboxylic acid groups (broad SMARTS) is 1. The number of hydrogen-bond acceptors (Lipinski definition) is 3. The molecule has 0 saturated heterocycles. The molecule has 1 heterocycles. The number of halogens is 3. The van der Waals surface area contributed by atoms with E-state index in [-0.39, 0.29) is 18.3 Å². The smallest absolute Gasteiger partial charge is 0.417 e. The Labute approximate surface area is 115 Å². The SMILES string of the molecule is CC(C)CC(CNc1ccc(C(F)(F)F)cn1)C(=O)O. The molecule has 1 atom stereocenters. The summed E-state index contributed by atoms with van der Waals surface area (Å²) in [5, 5.41) is 11.8. The maximum Gasteiger partial charge on any atom is 0.417 e. The van der Waals surface area contributed by atoms with E-state index in [0.29, 0.717) is 6.42 Å². The number of aromatic nitrogens is 1. The average molecular weight is 290 g/mol. The van der Waals surface area contributed by atoms with Gasteiger partial charge in [-0.3, -0.25) is 4.79 Å². The second-order valence-corrected chi connectivity index (χ2v) is 4.98. The number of carbonyl (C=O) groups is 1. The zero-order valence-electron chi connectivity index (χ0n) is 11.2. The Morgan fingerprint density at radius 3 is 2.45 bits per heavy atom. The molecule has 7 heteroatoms. The van der Waals surface area contributed by atoms with E-state index in [1.807, 2.05) is 13.8 Å². The van der Waals surface area contributed by atoms with E-state index in [0.717, 1.165) is 12.3 Å². The lowest BCUT2D eigenvalue weighted by Crippen LogP contribution is -2.24. The molecule has 4 nitrogen and oxygen atoms in total. The van der Waals surface area contributed by atoms with Crippen molar-refractivity contribution in [1.82, 2.24) is 4.98 Å². The maximum atomic E-state index is 12.3. The van der Waals surface area contributed by atoms with Gasteiger partial charge in [-0.25, -0.2) is 4.98 Å². The maximum absolute atomic E-state index is 12.3. The van der Waals surface area contributed by atoms with Crippen molar-refractivity contribution < 1.29 is 23.1 Å². The molecule has 1 aromatic rings. The van der Waals surface area contributed by atoms with E-state index in [4.69, 9.17) is 5.11 Å². The molecular formula is C13H17F3N2O2. The van der Waals surface area contributed by atoms with Crippen LogP contribution in [0.5, 0.6) is 0 Å². The summed E-state index contributed by atoms with van der Waals surface area (Å²) in [7, 11) is 0. The van der Waals surface area contributed by atoms with E-state index in [2.05, 4.69) is 10.3 Å². The highest BCUT2D eigenvalue weighted by molar-refractivity contribution is 5.70. The summed E-state index contributed by atoms with van der Waals surface area (Å²) in [5.41, 5.74) is -0.833. The van der Waals surface area contributed by atoms with Crippen LogP contribution >= 0.6 is 0 Å². The predicted octanol–water partition coefficient (Wildman–Crippen LogP) is 3.26. The number of rotatable bonds is 6. The zero-order chi connectivity index (χ0) is 15.3. The van der Waals surface area contributed by atoms with Gasteiger partial charge in [-0.1, -0.05) is 13.8 Å². The van der Waals surface area contributed by atoms with Crippen LogP contribution in [-0.4, -0.2) is 22.6 Å². The third-order valence-electron chi connectivity index (χ3n) is 2.73. The summed E-state index contributed by atoms with van der Waals surface area (Å²) >= 11 is 0. The quantitative estimate of drug-likeness (QED) is 0.844. The molecule has 0 spiro atoms. The summed E-state index contributed by atoms with van der Waals surface area (Å²) in [6, 6.07) is 2.10. The van der Waals surface area contributed by atoms with Crippen molar-refractivity contribution >= 4 is 11.8 Å². The number of anilines is 1. The molecule has 0 radical (unpaired) electrons. The Balaban J connectivity index is 2.62. The lowest BCUT2D eigenvalue weighted by Gasteiger charge is -2.16. The van der Waals surface area contributed by atoms with E-state index < -0.39 is 23.6 Å². The van der Waals surface area contributed by atoms with Gasteiger partial charge in [-0.05, 0) is 24.5 Å². The van der Waals surface area contributed by atoms with E-state index >= 15 is 0 Å². The fraction of sp³-hybridized carbons (Fsp3) is 0.538. The van der Waals surface area contributed by atoms with Gasteiger partial charge in [0.15, 0.2) is 0 Å². The van der Waals surface area contributed by atoms with Crippen LogP contribution in [0, 0.1) is 11.8 Å². The van der Waals surface area contributed by atoms with Crippen LogP contribution < -0.4 is 5.32 Å². The predicted molar refractivity (Wildman–Crippen MR) is 68.3 cm³/mol. The largest absolute Gasteiger partial charge is 0.481 e. The normalized spacial score (nSPS) is 13.3. The van der Waals surface area contributed by atoms with Crippen molar-refractivity contribution in [2.45, 2.75) is 26.4 Å². The molecule has 0 amide bonds. The zero-order valence-corrected chi connectivity index (χ0v) is 11.2. The Morgan fingerprint density at radius 2 is 2.05 bits per heavy atom. The molecule has 0 bridgehead atoms. The molecule has 1 rings (SSSR count). The third kappa shape index (κ3) is 5.07. The lowest BCUT2D eigenvalue weighted by atomic mass is 9.97. The monoisotopic (exact) mass is 290 g/mol. The molecule has 0 saturated carbocycles. The topological polar surface area (TPSA) is 62.2 Å². The van der Waals surface area contributed by atoms with Crippen molar-refractivity contribution in [2.75, 3.05) is 11.9 Å². The van der Waals surface area contributed by atoms with Gasteiger partial charge in [0.1, 0.15) is 5.82 Å². The molecule has 112 valence electrons. The van der Waals surface area contributed by atoms with Crippen molar-refractivity contribution in [3.8, 4) is 0 Å². The molecule has 0 fully saturated rings. The third-order valence-corrected chi connectivity index (χ3v) is 2.73. The second-order valence-electron chi connectivity index (χ2n) is 4.98. The van der Waals surface area contributed by atoms with Crippen molar-refractivity contribution in [3.05, 3.63) is 23.9 Å².